The molecule has 1 amide bonds. The summed E-state index contributed by atoms with van der Waals surface area (Å²) in [6.07, 6.45) is 0.511. The van der Waals surface area contributed by atoms with Crippen LogP contribution in [0.25, 0.3) is 0 Å². The van der Waals surface area contributed by atoms with Gasteiger partial charge in [0.25, 0.3) is 0 Å². The topological polar surface area (TPSA) is 84.9 Å². The van der Waals surface area contributed by atoms with Crippen molar-refractivity contribution in [2.75, 3.05) is 37.4 Å². The van der Waals surface area contributed by atoms with Gasteiger partial charge in [0, 0.05) is 6.54 Å². The summed E-state index contributed by atoms with van der Waals surface area (Å²) in [6.45, 7) is 2.67. The van der Waals surface area contributed by atoms with Crippen molar-refractivity contribution in [1.82, 2.24) is 5.32 Å². The molecule has 0 aliphatic heterocycles. The van der Waals surface area contributed by atoms with Crippen LogP contribution < -0.4 is 14.4 Å². The van der Waals surface area contributed by atoms with Gasteiger partial charge in [0.15, 0.2) is 0 Å². The SMILES string of the molecule is CCOc1ccc(N(CCNC(=O)OC)S(C)(=O)=O)cc1. The zero-order valence-corrected chi connectivity index (χ0v) is 13.1. The van der Waals surface area contributed by atoms with Crippen molar-refractivity contribution in [3.8, 4) is 5.75 Å². The molecule has 1 aromatic carbocycles. The van der Waals surface area contributed by atoms with Gasteiger partial charge in [-0.1, -0.05) is 0 Å². The van der Waals surface area contributed by atoms with E-state index < -0.39 is 16.1 Å². The molecule has 118 valence electrons. The highest BCUT2D eigenvalue weighted by atomic mass is 32.2. The highest BCUT2D eigenvalue weighted by Crippen LogP contribution is 2.21. The summed E-state index contributed by atoms with van der Waals surface area (Å²) in [6, 6.07) is 6.71. The number of anilines is 1. The first kappa shape index (κ1) is 17.1. The van der Waals surface area contributed by atoms with Crippen LogP contribution in [0.2, 0.25) is 0 Å². The second-order valence-electron chi connectivity index (χ2n) is 4.18. The minimum absolute atomic E-state index is 0.113. The predicted molar refractivity (Wildman–Crippen MR) is 80.2 cm³/mol. The summed E-state index contributed by atoms with van der Waals surface area (Å²) in [5.74, 6) is 0.669. The van der Waals surface area contributed by atoms with Crippen molar-refractivity contribution in [1.29, 1.82) is 0 Å². The number of alkyl carbamates (subject to hydrolysis) is 1. The molecule has 0 atom stereocenters. The maximum Gasteiger partial charge on any atom is 0.406 e. The zero-order chi connectivity index (χ0) is 15.9. The standard InChI is InChI=1S/C13H20N2O5S/c1-4-20-12-7-5-11(6-8-12)15(21(3,17)18)10-9-14-13(16)19-2/h5-8H,4,9-10H2,1-3H3,(H,14,16). The number of methoxy groups -OCH3 is 1. The normalized spacial score (nSPS) is 10.8. The number of rotatable bonds is 7. The van der Waals surface area contributed by atoms with E-state index >= 15 is 0 Å². The van der Waals surface area contributed by atoms with Gasteiger partial charge in [-0.15, -0.1) is 0 Å². The summed E-state index contributed by atoms with van der Waals surface area (Å²) in [5, 5.41) is 2.44. The molecule has 0 bridgehead atoms. The van der Waals surface area contributed by atoms with Crippen LogP contribution in [0, 0.1) is 0 Å². The van der Waals surface area contributed by atoms with Gasteiger partial charge in [-0.3, -0.25) is 4.31 Å². The smallest absolute Gasteiger partial charge is 0.406 e. The minimum atomic E-state index is -3.45. The molecule has 0 saturated heterocycles. The Morgan fingerprint density at radius 3 is 2.38 bits per heavy atom. The van der Waals surface area contributed by atoms with E-state index in [4.69, 9.17) is 4.74 Å². The van der Waals surface area contributed by atoms with Crippen molar-refractivity contribution < 1.29 is 22.7 Å². The number of nitrogens with one attached hydrogen (secondary N) is 1. The van der Waals surface area contributed by atoms with Crippen molar-refractivity contribution in [3.63, 3.8) is 0 Å². The van der Waals surface area contributed by atoms with Crippen LogP contribution >= 0.6 is 0 Å². The van der Waals surface area contributed by atoms with Crippen LogP contribution in [0.15, 0.2) is 24.3 Å². The summed E-state index contributed by atoms with van der Waals surface area (Å²) in [4.78, 5) is 11.0. The zero-order valence-electron chi connectivity index (χ0n) is 12.3. The molecule has 8 heteroatoms. The summed E-state index contributed by atoms with van der Waals surface area (Å²) in [5.41, 5.74) is 0.507. The van der Waals surface area contributed by atoms with Crippen LogP contribution in [0.1, 0.15) is 6.92 Å². The molecule has 0 aliphatic carbocycles. The molecule has 0 saturated carbocycles. The third kappa shape index (κ3) is 5.50. The molecule has 0 aliphatic rings. The van der Waals surface area contributed by atoms with Gasteiger partial charge in [0.05, 0.1) is 32.2 Å². The molecule has 0 fully saturated rings. The third-order valence-corrected chi connectivity index (χ3v) is 3.80. The summed E-state index contributed by atoms with van der Waals surface area (Å²) < 4.78 is 34.6. The first-order valence-corrected chi connectivity index (χ1v) is 8.25. The van der Waals surface area contributed by atoms with Crippen LogP contribution in [-0.2, 0) is 14.8 Å². The second-order valence-corrected chi connectivity index (χ2v) is 6.09. The average Bonchev–Trinajstić information content (AvgIpc) is 2.43. The molecule has 21 heavy (non-hydrogen) atoms. The molecule has 7 nitrogen and oxygen atoms in total. The van der Waals surface area contributed by atoms with E-state index in [2.05, 4.69) is 10.1 Å². The van der Waals surface area contributed by atoms with E-state index in [9.17, 15) is 13.2 Å². The fourth-order valence-corrected chi connectivity index (χ4v) is 2.62. The fraction of sp³-hybridized carbons (Fsp3) is 0.462. The molecule has 0 unspecified atom stereocenters. The highest BCUT2D eigenvalue weighted by Gasteiger charge is 2.17. The van der Waals surface area contributed by atoms with Crippen LogP contribution in [0.4, 0.5) is 10.5 Å². The molecule has 0 radical (unpaired) electrons. The Bertz CT molecular complexity index is 556. The average molecular weight is 316 g/mol. The van der Waals surface area contributed by atoms with Crippen molar-refractivity contribution in [2.45, 2.75) is 6.92 Å². The summed E-state index contributed by atoms with van der Waals surface area (Å²) in [7, 11) is -2.20. The quantitative estimate of drug-likeness (QED) is 0.817. The largest absolute Gasteiger partial charge is 0.494 e. The molecule has 1 N–H and O–H groups in total. The Balaban J connectivity index is 2.80. The van der Waals surface area contributed by atoms with Gasteiger partial charge in [-0.2, -0.15) is 0 Å². The lowest BCUT2D eigenvalue weighted by Crippen LogP contribution is -2.38. The summed E-state index contributed by atoms with van der Waals surface area (Å²) >= 11 is 0. The van der Waals surface area contributed by atoms with Gasteiger partial charge in [0.2, 0.25) is 10.0 Å². The van der Waals surface area contributed by atoms with Crippen LogP contribution in [0.5, 0.6) is 5.75 Å². The van der Waals surface area contributed by atoms with Gasteiger partial charge in [-0.05, 0) is 31.2 Å². The number of benzene rings is 1. The molecule has 1 aromatic rings. The van der Waals surface area contributed by atoms with Crippen molar-refractivity contribution in [3.05, 3.63) is 24.3 Å². The van der Waals surface area contributed by atoms with Crippen molar-refractivity contribution >= 4 is 21.8 Å². The number of nitrogens with zero attached hydrogens (tertiary/aromatic N) is 1. The minimum Gasteiger partial charge on any atom is -0.494 e. The number of carbonyl (C=O) groups is 1. The van der Waals surface area contributed by atoms with Crippen LogP contribution in [0.3, 0.4) is 0 Å². The van der Waals surface area contributed by atoms with E-state index in [-0.39, 0.29) is 13.1 Å². The number of sulfonamides is 1. The van der Waals surface area contributed by atoms with E-state index in [1.165, 1.54) is 11.4 Å². The lowest BCUT2D eigenvalue weighted by Gasteiger charge is -2.22. The molecule has 0 aromatic heterocycles. The molecule has 1 rings (SSSR count). The third-order valence-electron chi connectivity index (χ3n) is 2.61. The Labute approximate surface area is 124 Å². The number of carbonyl (C=O) groups excluding carboxylic acids is 1. The lowest BCUT2D eigenvalue weighted by atomic mass is 10.3. The van der Waals surface area contributed by atoms with Gasteiger partial charge in [-0.25, -0.2) is 13.2 Å². The van der Waals surface area contributed by atoms with E-state index in [0.717, 1.165) is 6.26 Å². The monoisotopic (exact) mass is 316 g/mol. The Hall–Kier alpha value is -1.96. The van der Waals surface area contributed by atoms with Gasteiger partial charge >= 0.3 is 6.09 Å². The first-order chi connectivity index (χ1) is 9.88. The Morgan fingerprint density at radius 1 is 1.29 bits per heavy atom. The number of amides is 1. The number of hydrogen-bond acceptors (Lipinski definition) is 5. The van der Waals surface area contributed by atoms with Crippen molar-refractivity contribution in [2.24, 2.45) is 0 Å². The maximum atomic E-state index is 11.8. The molecular formula is C13H20N2O5S. The van der Waals surface area contributed by atoms with E-state index in [0.29, 0.717) is 18.0 Å². The fourth-order valence-electron chi connectivity index (χ4n) is 1.69. The van der Waals surface area contributed by atoms with Gasteiger partial charge < -0.3 is 14.8 Å². The number of hydrogen-bond donors (Lipinski definition) is 1. The second kappa shape index (κ2) is 7.72. The van der Waals surface area contributed by atoms with Gasteiger partial charge in [0.1, 0.15) is 5.75 Å². The molecular weight excluding hydrogens is 296 g/mol. The van der Waals surface area contributed by atoms with Crippen LogP contribution in [-0.4, -0.2) is 47.6 Å². The maximum absolute atomic E-state index is 11.8. The Morgan fingerprint density at radius 2 is 1.90 bits per heavy atom. The number of ether oxygens (including phenoxy) is 2. The Kier molecular flexibility index (Phi) is 6.29. The predicted octanol–water partition coefficient (Wildman–Crippen LogP) is 1.21. The molecule has 0 spiro atoms. The van der Waals surface area contributed by atoms with E-state index in [1.807, 2.05) is 6.92 Å². The van der Waals surface area contributed by atoms with E-state index in [1.54, 1.807) is 24.3 Å². The lowest BCUT2D eigenvalue weighted by molar-refractivity contribution is 0.171. The highest BCUT2D eigenvalue weighted by molar-refractivity contribution is 7.92. The first-order valence-electron chi connectivity index (χ1n) is 6.41. The molecule has 0 heterocycles.